The molecule has 2 unspecified atom stereocenters. The molecule has 36 heavy (non-hydrogen) atoms. The van der Waals surface area contributed by atoms with Crippen molar-refractivity contribution in [2.24, 2.45) is 0 Å². The van der Waals surface area contributed by atoms with E-state index in [4.69, 9.17) is 18.9 Å². The fraction of sp³-hybridized carbons (Fsp3) is 0.250. The molecule has 2 atom stereocenters. The van der Waals surface area contributed by atoms with Crippen LogP contribution in [-0.4, -0.2) is 14.2 Å². The molecule has 4 heteroatoms. The molecule has 0 saturated heterocycles. The zero-order chi connectivity index (χ0) is 25.0. The van der Waals surface area contributed by atoms with E-state index in [1.807, 2.05) is 60.7 Å². The first-order valence-corrected chi connectivity index (χ1v) is 12.3. The number of benzene rings is 4. The van der Waals surface area contributed by atoms with Crippen molar-refractivity contribution < 1.29 is 18.9 Å². The normalized spacial score (nSPS) is 12.6. The summed E-state index contributed by atoms with van der Waals surface area (Å²) in [4.78, 5) is 0. The van der Waals surface area contributed by atoms with Gasteiger partial charge in [0.1, 0.15) is 24.7 Å². The summed E-state index contributed by atoms with van der Waals surface area (Å²) in [6, 6.07) is 36.7. The van der Waals surface area contributed by atoms with E-state index in [9.17, 15) is 0 Å². The van der Waals surface area contributed by atoms with Crippen molar-refractivity contribution in [2.45, 2.75) is 38.3 Å². The SMILES string of the molecule is COC(CCC(OC)c1ccc(OCc2ccccc2)cc1)c1ccc(OCc2ccccc2)cc1. The van der Waals surface area contributed by atoms with Crippen LogP contribution in [0.15, 0.2) is 109 Å². The molecule has 0 N–H and O–H groups in total. The van der Waals surface area contributed by atoms with Gasteiger partial charge in [-0.3, -0.25) is 0 Å². The Bertz CT molecular complexity index is 1050. The van der Waals surface area contributed by atoms with Crippen molar-refractivity contribution in [3.05, 3.63) is 131 Å². The molecule has 4 aromatic carbocycles. The van der Waals surface area contributed by atoms with Gasteiger partial charge in [-0.15, -0.1) is 0 Å². The summed E-state index contributed by atoms with van der Waals surface area (Å²) in [5.41, 5.74) is 4.56. The minimum Gasteiger partial charge on any atom is -0.489 e. The summed E-state index contributed by atoms with van der Waals surface area (Å²) in [6.45, 7) is 1.11. The van der Waals surface area contributed by atoms with E-state index >= 15 is 0 Å². The van der Waals surface area contributed by atoms with Crippen LogP contribution in [0, 0.1) is 0 Å². The van der Waals surface area contributed by atoms with Crippen LogP contribution in [0.25, 0.3) is 0 Å². The summed E-state index contributed by atoms with van der Waals surface area (Å²) < 4.78 is 23.5. The maximum atomic E-state index is 5.91. The van der Waals surface area contributed by atoms with Crippen LogP contribution in [0.4, 0.5) is 0 Å². The number of hydrogen-bond donors (Lipinski definition) is 0. The Kier molecular flexibility index (Phi) is 9.54. The Labute approximate surface area is 214 Å². The minimum atomic E-state index is -0.0145. The largest absolute Gasteiger partial charge is 0.489 e. The summed E-state index contributed by atoms with van der Waals surface area (Å²) >= 11 is 0. The van der Waals surface area contributed by atoms with Gasteiger partial charge in [0.05, 0.1) is 12.2 Å². The first-order valence-electron chi connectivity index (χ1n) is 12.3. The lowest BCUT2D eigenvalue weighted by Crippen LogP contribution is -2.07. The average Bonchev–Trinajstić information content (AvgIpc) is 2.95. The molecule has 0 saturated carbocycles. The molecular weight excluding hydrogens is 448 g/mol. The minimum absolute atomic E-state index is 0.0145. The van der Waals surface area contributed by atoms with E-state index in [1.165, 1.54) is 0 Å². The van der Waals surface area contributed by atoms with Gasteiger partial charge in [0, 0.05) is 14.2 Å². The first kappa shape index (κ1) is 25.5. The lowest BCUT2D eigenvalue weighted by Gasteiger charge is -2.21. The summed E-state index contributed by atoms with van der Waals surface area (Å²) in [6.07, 6.45) is 1.65. The molecule has 0 fully saturated rings. The summed E-state index contributed by atoms with van der Waals surface area (Å²) in [7, 11) is 3.51. The highest BCUT2D eigenvalue weighted by Gasteiger charge is 2.17. The van der Waals surface area contributed by atoms with Gasteiger partial charge >= 0.3 is 0 Å². The second-order valence-electron chi connectivity index (χ2n) is 8.71. The quantitative estimate of drug-likeness (QED) is 0.196. The zero-order valence-electron chi connectivity index (χ0n) is 21.0. The van der Waals surface area contributed by atoms with Gasteiger partial charge in [-0.25, -0.2) is 0 Å². The van der Waals surface area contributed by atoms with Crippen molar-refractivity contribution >= 4 is 0 Å². The Balaban J connectivity index is 1.28. The second kappa shape index (κ2) is 13.5. The molecule has 0 radical (unpaired) electrons. The van der Waals surface area contributed by atoms with Crippen molar-refractivity contribution in [2.75, 3.05) is 14.2 Å². The van der Waals surface area contributed by atoms with E-state index in [0.717, 1.165) is 46.6 Å². The summed E-state index contributed by atoms with van der Waals surface area (Å²) in [5, 5.41) is 0. The molecule has 4 nitrogen and oxygen atoms in total. The summed E-state index contributed by atoms with van der Waals surface area (Å²) in [5.74, 6) is 1.70. The van der Waals surface area contributed by atoms with Crippen molar-refractivity contribution in [3.8, 4) is 11.5 Å². The number of methoxy groups -OCH3 is 2. The van der Waals surface area contributed by atoms with E-state index in [0.29, 0.717) is 13.2 Å². The van der Waals surface area contributed by atoms with Gasteiger partial charge in [0.15, 0.2) is 0 Å². The van der Waals surface area contributed by atoms with Crippen LogP contribution < -0.4 is 9.47 Å². The molecule has 186 valence electrons. The predicted octanol–water partition coefficient (Wildman–Crippen LogP) is 7.70. The van der Waals surface area contributed by atoms with Crippen molar-refractivity contribution in [1.29, 1.82) is 0 Å². The van der Waals surface area contributed by atoms with E-state index in [-0.39, 0.29) is 12.2 Å². The van der Waals surface area contributed by atoms with Gasteiger partial charge in [0.25, 0.3) is 0 Å². The van der Waals surface area contributed by atoms with Gasteiger partial charge in [-0.05, 0) is 59.4 Å². The third-order valence-corrected chi connectivity index (χ3v) is 6.26. The topological polar surface area (TPSA) is 36.9 Å². The highest BCUT2D eigenvalue weighted by atomic mass is 16.5. The van der Waals surface area contributed by atoms with Crippen LogP contribution in [-0.2, 0) is 22.7 Å². The number of rotatable bonds is 13. The molecule has 0 heterocycles. The predicted molar refractivity (Wildman–Crippen MR) is 143 cm³/mol. The monoisotopic (exact) mass is 482 g/mol. The highest BCUT2D eigenvalue weighted by Crippen LogP contribution is 2.31. The average molecular weight is 483 g/mol. The Morgan fingerprint density at radius 1 is 0.472 bits per heavy atom. The second-order valence-corrected chi connectivity index (χ2v) is 8.71. The number of ether oxygens (including phenoxy) is 4. The van der Waals surface area contributed by atoms with Gasteiger partial charge in [-0.1, -0.05) is 84.9 Å². The molecule has 0 bridgehead atoms. The Morgan fingerprint density at radius 3 is 1.17 bits per heavy atom. The van der Waals surface area contributed by atoms with Crippen LogP contribution in [0.2, 0.25) is 0 Å². The van der Waals surface area contributed by atoms with E-state index in [2.05, 4.69) is 48.5 Å². The fourth-order valence-electron chi connectivity index (χ4n) is 4.18. The van der Waals surface area contributed by atoms with Gasteiger partial charge in [-0.2, -0.15) is 0 Å². The lowest BCUT2D eigenvalue weighted by molar-refractivity contribution is 0.0530. The molecule has 0 aliphatic rings. The Morgan fingerprint density at radius 2 is 0.833 bits per heavy atom. The van der Waals surface area contributed by atoms with Crippen molar-refractivity contribution in [1.82, 2.24) is 0 Å². The van der Waals surface area contributed by atoms with Crippen LogP contribution in [0.3, 0.4) is 0 Å². The molecule has 0 aliphatic carbocycles. The van der Waals surface area contributed by atoms with Crippen LogP contribution in [0.5, 0.6) is 11.5 Å². The third-order valence-electron chi connectivity index (χ3n) is 6.26. The highest BCUT2D eigenvalue weighted by molar-refractivity contribution is 5.31. The molecule has 0 aliphatic heterocycles. The maximum Gasteiger partial charge on any atom is 0.119 e. The molecule has 4 rings (SSSR count). The van der Waals surface area contributed by atoms with E-state index in [1.54, 1.807) is 14.2 Å². The number of hydrogen-bond acceptors (Lipinski definition) is 4. The van der Waals surface area contributed by atoms with Gasteiger partial charge in [0.2, 0.25) is 0 Å². The smallest absolute Gasteiger partial charge is 0.119 e. The first-order chi connectivity index (χ1) is 17.7. The Hall–Kier alpha value is -3.60. The molecular formula is C32H34O4. The van der Waals surface area contributed by atoms with E-state index < -0.39 is 0 Å². The molecule has 4 aromatic rings. The maximum absolute atomic E-state index is 5.91. The molecule has 0 spiro atoms. The lowest BCUT2D eigenvalue weighted by atomic mass is 9.99. The standard InChI is InChI=1S/C32H34O4/c1-33-31(27-13-17-29(18-14-27)35-23-25-9-5-3-6-10-25)21-22-32(34-2)28-15-19-30(20-16-28)36-24-26-11-7-4-8-12-26/h3-20,31-32H,21-24H2,1-2H3. The fourth-order valence-corrected chi connectivity index (χ4v) is 4.18. The molecule has 0 aromatic heterocycles. The zero-order valence-corrected chi connectivity index (χ0v) is 21.0. The van der Waals surface area contributed by atoms with Crippen molar-refractivity contribution in [3.63, 3.8) is 0 Å². The third kappa shape index (κ3) is 7.45. The van der Waals surface area contributed by atoms with Gasteiger partial charge < -0.3 is 18.9 Å². The van der Waals surface area contributed by atoms with Crippen LogP contribution in [0.1, 0.15) is 47.3 Å². The molecule has 0 amide bonds. The van der Waals surface area contributed by atoms with Crippen LogP contribution >= 0.6 is 0 Å².